The first-order valence-corrected chi connectivity index (χ1v) is 6.49. The zero-order valence-electron chi connectivity index (χ0n) is 10.3. The van der Waals surface area contributed by atoms with Crippen LogP contribution in [0.1, 0.15) is 26.3 Å². The van der Waals surface area contributed by atoms with Gasteiger partial charge in [-0.3, -0.25) is 0 Å². The second kappa shape index (κ2) is 4.64. The number of sulfonamides is 1. The van der Waals surface area contributed by atoms with Crippen LogP contribution >= 0.6 is 0 Å². The molecule has 0 amide bonds. The summed E-state index contributed by atoms with van der Waals surface area (Å²) in [5.41, 5.74) is 0.608. The molecule has 0 aliphatic heterocycles. The Morgan fingerprint density at radius 1 is 1.24 bits per heavy atom. The average Bonchev–Trinajstić information content (AvgIpc) is 2.15. The fourth-order valence-corrected chi connectivity index (χ4v) is 1.99. The molecule has 0 unspecified atom stereocenters. The van der Waals surface area contributed by atoms with Gasteiger partial charge >= 0.3 is 0 Å². The number of hydrogen-bond acceptors (Lipinski definition) is 4. The summed E-state index contributed by atoms with van der Waals surface area (Å²) < 4.78 is 22.7. The van der Waals surface area contributed by atoms with E-state index >= 15 is 0 Å². The van der Waals surface area contributed by atoms with Crippen LogP contribution in [0, 0.1) is 0 Å². The molecule has 95 valence electrons. The van der Waals surface area contributed by atoms with Gasteiger partial charge in [0.2, 0.25) is 0 Å². The van der Waals surface area contributed by atoms with E-state index in [2.05, 4.69) is 4.89 Å². The highest BCUT2D eigenvalue weighted by Crippen LogP contribution is 2.30. The molecule has 0 saturated heterocycles. The van der Waals surface area contributed by atoms with Crippen molar-refractivity contribution in [3.63, 3.8) is 0 Å². The van der Waals surface area contributed by atoms with E-state index in [0.717, 1.165) is 5.56 Å². The Hall–Kier alpha value is -1.11. The molecule has 0 aromatic heterocycles. The van der Waals surface area contributed by atoms with E-state index in [1.807, 2.05) is 20.8 Å². The summed E-state index contributed by atoms with van der Waals surface area (Å²) >= 11 is 0. The van der Waals surface area contributed by atoms with Gasteiger partial charge in [0.1, 0.15) is 4.90 Å². The number of hydrogen-bond donors (Lipinski definition) is 0. The standard InChI is InChI=1S/C11H16NO4S/c1-11(2,3)8-5-6-9(16-15-4)10(7-8)17(12,13)14/h5-7,12H,1-4H3. The molecular weight excluding hydrogens is 242 g/mol. The lowest BCUT2D eigenvalue weighted by Crippen LogP contribution is -2.13. The molecule has 0 bridgehead atoms. The highest BCUT2D eigenvalue weighted by atomic mass is 32.2. The van der Waals surface area contributed by atoms with E-state index in [1.54, 1.807) is 6.07 Å². The summed E-state index contributed by atoms with van der Waals surface area (Å²) in [7, 11) is -2.82. The molecule has 0 saturated carbocycles. The normalized spacial score (nSPS) is 12.5. The summed E-state index contributed by atoms with van der Waals surface area (Å²) in [6.45, 7) is 5.87. The van der Waals surface area contributed by atoms with Crippen molar-refractivity contribution in [2.75, 3.05) is 7.11 Å². The summed E-state index contributed by atoms with van der Waals surface area (Å²) in [4.78, 5) is 8.99. The van der Waals surface area contributed by atoms with Crippen LogP contribution in [0.15, 0.2) is 23.1 Å². The van der Waals surface area contributed by atoms with Crippen molar-refractivity contribution in [1.29, 1.82) is 0 Å². The zero-order chi connectivity index (χ0) is 13.3. The van der Waals surface area contributed by atoms with E-state index in [1.165, 1.54) is 19.2 Å². The van der Waals surface area contributed by atoms with Gasteiger partial charge in [0.15, 0.2) is 5.75 Å². The second-order valence-corrected chi connectivity index (χ2v) is 6.11. The van der Waals surface area contributed by atoms with Crippen molar-refractivity contribution in [3.8, 4) is 5.75 Å². The van der Waals surface area contributed by atoms with Crippen LogP contribution in [0.25, 0.3) is 0 Å². The number of benzene rings is 1. The van der Waals surface area contributed by atoms with E-state index in [-0.39, 0.29) is 16.1 Å². The lowest BCUT2D eigenvalue weighted by atomic mass is 9.87. The van der Waals surface area contributed by atoms with Crippen LogP contribution in [0.5, 0.6) is 5.75 Å². The average molecular weight is 258 g/mol. The Labute approximate surface area is 102 Å². The largest absolute Gasteiger partial charge is 0.336 e. The minimum Gasteiger partial charge on any atom is -0.336 e. The van der Waals surface area contributed by atoms with Gasteiger partial charge in [-0.2, -0.15) is 4.89 Å². The summed E-state index contributed by atoms with van der Waals surface area (Å²) in [5, 5.41) is 7.13. The third-order valence-corrected chi connectivity index (χ3v) is 3.17. The zero-order valence-corrected chi connectivity index (χ0v) is 11.1. The van der Waals surface area contributed by atoms with Crippen molar-refractivity contribution >= 4 is 10.0 Å². The maximum atomic E-state index is 11.3. The molecule has 0 spiro atoms. The molecular formula is C11H16NO4S. The molecule has 5 nitrogen and oxygen atoms in total. The predicted molar refractivity (Wildman–Crippen MR) is 63.1 cm³/mol. The van der Waals surface area contributed by atoms with Crippen molar-refractivity contribution in [1.82, 2.24) is 5.14 Å². The molecule has 0 fully saturated rings. The maximum absolute atomic E-state index is 11.3. The molecule has 1 N–H and O–H groups in total. The molecule has 17 heavy (non-hydrogen) atoms. The van der Waals surface area contributed by atoms with Crippen LogP contribution in [0.4, 0.5) is 0 Å². The Kier molecular flexibility index (Phi) is 3.81. The maximum Gasteiger partial charge on any atom is 0.257 e. The van der Waals surface area contributed by atoms with E-state index in [0.29, 0.717) is 0 Å². The van der Waals surface area contributed by atoms with E-state index in [4.69, 9.17) is 10.0 Å². The first-order valence-electron chi connectivity index (χ1n) is 5.01. The lowest BCUT2D eigenvalue weighted by molar-refractivity contribution is -0.180. The number of rotatable bonds is 3. The summed E-state index contributed by atoms with van der Waals surface area (Å²) in [6.07, 6.45) is 0. The molecule has 0 aliphatic rings. The molecule has 0 aliphatic carbocycles. The molecule has 1 aromatic carbocycles. The Morgan fingerprint density at radius 3 is 2.24 bits per heavy atom. The van der Waals surface area contributed by atoms with Crippen molar-refractivity contribution in [3.05, 3.63) is 23.8 Å². The lowest BCUT2D eigenvalue weighted by Gasteiger charge is -2.20. The summed E-state index contributed by atoms with van der Waals surface area (Å²) in [5.74, 6) is 0.0236. The van der Waals surface area contributed by atoms with Crippen LogP contribution in [0.2, 0.25) is 0 Å². The van der Waals surface area contributed by atoms with E-state index in [9.17, 15) is 8.42 Å². The summed E-state index contributed by atoms with van der Waals surface area (Å²) in [6, 6.07) is 4.69. The predicted octanol–water partition coefficient (Wildman–Crippen LogP) is 1.90. The van der Waals surface area contributed by atoms with Gasteiger partial charge in [-0.25, -0.2) is 8.42 Å². The molecule has 0 atom stereocenters. The third kappa shape index (κ3) is 3.42. The van der Waals surface area contributed by atoms with Gasteiger partial charge in [-0.1, -0.05) is 26.8 Å². The molecule has 6 heteroatoms. The minimum atomic E-state index is -4.09. The van der Waals surface area contributed by atoms with Crippen LogP contribution in [-0.4, -0.2) is 15.5 Å². The topological polar surface area (TPSA) is 76.4 Å². The Morgan fingerprint density at radius 2 is 1.82 bits per heavy atom. The molecule has 1 aromatic rings. The molecule has 1 rings (SSSR count). The second-order valence-electron chi connectivity index (χ2n) is 4.66. The van der Waals surface area contributed by atoms with Crippen molar-refractivity contribution < 1.29 is 18.2 Å². The SMILES string of the molecule is COOc1ccc(C(C)(C)C)cc1S([NH])(=O)=O. The van der Waals surface area contributed by atoms with Crippen LogP contribution in [0.3, 0.4) is 0 Å². The highest BCUT2D eigenvalue weighted by molar-refractivity contribution is 7.89. The molecule has 0 heterocycles. The fraction of sp³-hybridized carbons (Fsp3) is 0.455. The van der Waals surface area contributed by atoms with Gasteiger partial charge in [0.25, 0.3) is 10.0 Å². The smallest absolute Gasteiger partial charge is 0.257 e. The van der Waals surface area contributed by atoms with E-state index < -0.39 is 10.0 Å². The Bertz CT molecular complexity index is 503. The fourth-order valence-electron chi connectivity index (χ4n) is 1.34. The van der Waals surface area contributed by atoms with Gasteiger partial charge in [-0.05, 0) is 23.1 Å². The minimum absolute atomic E-state index is 0.0236. The van der Waals surface area contributed by atoms with Crippen molar-refractivity contribution in [2.24, 2.45) is 0 Å². The molecule has 1 radical (unpaired) electrons. The Balaban J connectivity index is 3.40. The quantitative estimate of drug-likeness (QED) is 0.613. The first-order chi connectivity index (χ1) is 7.66. The van der Waals surface area contributed by atoms with Gasteiger partial charge in [0, 0.05) is 0 Å². The third-order valence-electron chi connectivity index (χ3n) is 2.27. The monoisotopic (exact) mass is 258 g/mol. The van der Waals surface area contributed by atoms with Gasteiger partial charge in [0.05, 0.1) is 7.11 Å². The first kappa shape index (κ1) is 14.0. The van der Waals surface area contributed by atoms with Crippen molar-refractivity contribution in [2.45, 2.75) is 31.1 Å². The van der Waals surface area contributed by atoms with Gasteiger partial charge < -0.3 is 4.89 Å². The van der Waals surface area contributed by atoms with Gasteiger partial charge in [-0.15, -0.1) is 5.14 Å². The van der Waals surface area contributed by atoms with Crippen LogP contribution < -0.4 is 10.0 Å². The highest BCUT2D eigenvalue weighted by Gasteiger charge is 2.22. The number of nitrogens with one attached hydrogen (secondary N) is 1. The van der Waals surface area contributed by atoms with Crippen LogP contribution in [-0.2, 0) is 20.3 Å².